The van der Waals surface area contributed by atoms with Gasteiger partial charge in [0.05, 0.1) is 15.3 Å². The first-order valence-corrected chi connectivity index (χ1v) is 9.05. The Kier molecular flexibility index (Phi) is 3.65. The first-order chi connectivity index (χ1) is 12.3. The Morgan fingerprint density at radius 1 is 1.33 bits per heavy atom. The summed E-state index contributed by atoms with van der Waals surface area (Å²) < 4.78 is 21.8. The second-order valence-corrected chi connectivity index (χ2v) is 7.56. The number of hydrogen-bond acceptors (Lipinski definition) is 4. The summed E-state index contributed by atoms with van der Waals surface area (Å²) in [7, 11) is 0. The van der Waals surface area contributed by atoms with Crippen LogP contribution in [-0.2, 0) is 4.74 Å². The molecular weight excluding hydrogens is 304 g/mol. The average molecular weight is 334 g/mol. The van der Waals surface area contributed by atoms with Gasteiger partial charge in [-0.15, -0.1) is 0 Å². The van der Waals surface area contributed by atoms with E-state index in [0.29, 0.717) is 25.2 Å². The smallest absolute Gasteiger partial charge is 0.409 e. The van der Waals surface area contributed by atoms with Crippen molar-refractivity contribution in [2.24, 2.45) is 5.41 Å². The summed E-state index contributed by atoms with van der Waals surface area (Å²) in [5.74, 6) is 0. The molecule has 1 amide bonds. The summed E-state index contributed by atoms with van der Waals surface area (Å²) in [4.78, 5) is 16.4. The zero-order valence-corrected chi connectivity index (χ0v) is 14.4. The number of rotatable bonds is 3. The molecule has 6 nitrogen and oxygen atoms in total. The van der Waals surface area contributed by atoms with Crippen LogP contribution in [0.1, 0.15) is 47.8 Å². The second kappa shape index (κ2) is 6.39. The molecular formula is C18H28N4O2. The molecule has 1 aromatic rings. The molecule has 1 saturated carbocycles. The Balaban J connectivity index is 1.24. The predicted molar refractivity (Wildman–Crippen MR) is 90.7 cm³/mol. The lowest BCUT2D eigenvalue weighted by atomic mass is 9.64. The summed E-state index contributed by atoms with van der Waals surface area (Å²) in [5, 5.41) is 4.37. The fourth-order valence-electron chi connectivity index (χ4n) is 4.79. The van der Waals surface area contributed by atoms with Crippen LogP contribution >= 0.6 is 0 Å². The Morgan fingerprint density at radius 2 is 2.12 bits per heavy atom. The molecule has 3 fully saturated rings. The lowest BCUT2D eigenvalue weighted by molar-refractivity contribution is -0.00898. The van der Waals surface area contributed by atoms with Crippen molar-refractivity contribution in [2.45, 2.75) is 51.1 Å². The molecule has 1 spiro atoms. The van der Waals surface area contributed by atoms with Crippen LogP contribution in [0.2, 0.25) is 0 Å². The molecule has 4 rings (SSSR count). The standard InChI is InChI=1S/C18H28N4O2/c1-2-24-17(23)21-11-6-18(14-21)12-16(13-18)20-9-4-15(5-10-20)22-8-3-7-19-22/h3,7-8,15-16H,2,4-6,9-14H2,1H3/i2D2. The van der Waals surface area contributed by atoms with Crippen LogP contribution in [0.25, 0.3) is 0 Å². The maximum absolute atomic E-state index is 12.1. The lowest BCUT2D eigenvalue weighted by Crippen LogP contribution is -2.54. The number of amides is 1. The van der Waals surface area contributed by atoms with Gasteiger partial charge in [-0.05, 0) is 50.5 Å². The molecule has 24 heavy (non-hydrogen) atoms. The van der Waals surface area contributed by atoms with Gasteiger partial charge >= 0.3 is 6.09 Å². The third kappa shape index (κ3) is 2.92. The first kappa shape index (κ1) is 13.7. The minimum Gasteiger partial charge on any atom is -0.450 e. The number of piperidine rings is 1. The van der Waals surface area contributed by atoms with Gasteiger partial charge in [0, 0.05) is 44.6 Å². The van der Waals surface area contributed by atoms with Crippen LogP contribution in [0.15, 0.2) is 18.5 Å². The van der Waals surface area contributed by atoms with E-state index >= 15 is 0 Å². The Hall–Kier alpha value is -1.56. The maximum Gasteiger partial charge on any atom is 0.409 e. The van der Waals surface area contributed by atoms with Crippen LogP contribution in [-0.4, -0.2) is 64.5 Å². The fraction of sp³-hybridized carbons (Fsp3) is 0.778. The van der Waals surface area contributed by atoms with Gasteiger partial charge in [0.1, 0.15) is 0 Å². The average Bonchev–Trinajstić information content (AvgIpc) is 3.22. The van der Waals surface area contributed by atoms with Crippen molar-refractivity contribution in [3.8, 4) is 0 Å². The normalized spacial score (nSPS) is 33.2. The summed E-state index contributed by atoms with van der Waals surface area (Å²) in [6.07, 6.45) is 8.98. The van der Waals surface area contributed by atoms with Crippen LogP contribution in [0.3, 0.4) is 0 Å². The number of aromatic nitrogens is 2. The van der Waals surface area contributed by atoms with Crippen LogP contribution < -0.4 is 0 Å². The van der Waals surface area contributed by atoms with Gasteiger partial charge < -0.3 is 14.5 Å². The van der Waals surface area contributed by atoms with E-state index < -0.39 is 12.7 Å². The van der Waals surface area contributed by atoms with E-state index in [1.165, 1.54) is 6.92 Å². The highest BCUT2D eigenvalue weighted by Gasteiger charge is 2.51. The Labute approximate surface area is 146 Å². The summed E-state index contributed by atoms with van der Waals surface area (Å²) in [5.41, 5.74) is 0.225. The molecule has 132 valence electrons. The largest absolute Gasteiger partial charge is 0.450 e. The number of carbonyl (C=O) groups excluding carboxylic acids is 1. The van der Waals surface area contributed by atoms with Crippen LogP contribution in [0, 0.1) is 5.41 Å². The molecule has 1 aromatic heterocycles. The van der Waals surface area contributed by atoms with Crippen molar-refractivity contribution in [1.29, 1.82) is 0 Å². The number of carbonyl (C=O) groups is 1. The van der Waals surface area contributed by atoms with Crippen molar-refractivity contribution >= 4 is 6.09 Å². The van der Waals surface area contributed by atoms with Gasteiger partial charge in [0.2, 0.25) is 0 Å². The second-order valence-electron chi connectivity index (χ2n) is 7.56. The highest BCUT2D eigenvalue weighted by atomic mass is 16.6. The van der Waals surface area contributed by atoms with Gasteiger partial charge in [-0.2, -0.15) is 5.10 Å². The summed E-state index contributed by atoms with van der Waals surface area (Å²) >= 11 is 0. The van der Waals surface area contributed by atoms with E-state index in [1.807, 2.05) is 12.3 Å². The highest BCUT2D eigenvalue weighted by molar-refractivity contribution is 5.68. The number of hydrogen-bond donors (Lipinski definition) is 0. The Morgan fingerprint density at radius 3 is 2.79 bits per heavy atom. The van der Waals surface area contributed by atoms with E-state index in [2.05, 4.69) is 20.9 Å². The van der Waals surface area contributed by atoms with E-state index in [-0.39, 0.29) is 5.41 Å². The summed E-state index contributed by atoms with van der Waals surface area (Å²) in [6, 6.07) is 3.14. The molecule has 3 heterocycles. The first-order valence-electron chi connectivity index (χ1n) is 10.0. The molecule has 0 bridgehead atoms. The fourth-order valence-corrected chi connectivity index (χ4v) is 4.79. The van der Waals surface area contributed by atoms with Crippen LogP contribution in [0.5, 0.6) is 0 Å². The van der Waals surface area contributed by atoms with Crippen molar-refractivity contribution in [3.63, 3.8) is 0 Å². The van der Waals surface area contributed by atoms with Gasteiger partial charge in [-0.1, -0.05) is 0 Å². The lowest BCUT2D eigenvalue weighted by Gasteiger charge is -2.51. The van der Waals surface area contributed by atoms with Gasteiger partial charge in [-0.25, -0.2) is 4.79 Å². The molecule has 6 heteroatoms. The van der Waals surface area contributed by atoms with Crippen LogP contribution in [0.4, 0.5) is 4.79 Å². The van der Waals surface area contributed by atoms with E-state index in [0.717, 1.165) is 45.2 Å². The molecule has 0 N–H and O–H groups in total. The molecule has 0 radical (unpaired) electrons. The number of ether oxygens (including phenoxy) is 1. The van der Waals surface area contributed by atoms with Gasteiger partial charge in [-0.3, -0.25) is 4.68 Å². The summed E-state index contributed by atoms with van der Waals surface area (Å²) in [6.45, 7) is 2.99. The molecule has 2 saturated heterocycles. The molecule has 0 atom stereocenters. The SMILES string of the molecule is [2H]C([2H])(C)OC(=O)N1CCC2(CC(N3CCC(n4cccn4)CC3)C2)C1. The topological polar surface area (TPSA) is 50.6 Å². The molecule has 0 aromatic carbocycles. The Bertz CT molecular complexity index is 632. The quantitative estimate of drug-likeness (QED) is 0.852. The number of nitrogens with zero attached hydrogens (tertiary/aromatic N) is 4. The van der Waals surface area contributed by atoms with E-state index in [9.17, 15) is 4.79 Å². The van der Waals surface area contributed by atoms with E-state index in [4.69, 9.17) is 7.48 Å². The van der Waals surface area contributed by atoms with Gasteiger partial charge in [0.15, 0.2) is 0 Å². The molecule has 0 unspecified atom stereocenters. The molecule has 1 aliphatic carbocycles. The minimum atomic E-state index is -1.91. The zero-order valence-electron chi connectivity index (χ0n) is 16.4. The third-order valence-electron chi connectivity index (χ3n) is 6.14. The third-order valence-corrected chi connectivity index (χ3v) is 6.14. The van der Waals surface area contributed by atoms with Gasteiger partial charge in [0.25, 0.3) is 0 Å². The zero-order chi connectivity index (χ0) is 18.4. The highest BCUT2D eigenvalue weighted by Crippen LogP contribution is 2.50. The molecule has 2 aliphatic heterocycles. The van der Waals surface area contributed by atoms with Crippen molar-refractivity contribution in [3.05, 3.63) is 18.5 Å². The van der Waals surface area contributed by atoms with Crippen molar-refractivity contribution in [2.75, 3.05) is 32.7 Å². The van der Waals surface area contributed by atoms with E-state index in [1.54, 1.807) is 4.90 Å². The predicted octanol–water partition coefficient (Wildman–Crippen LogP) is 2.53. The monoisotopic (exact) mass is 334 g/mol. The molecule has 3 aliphatic rings. The van der Waals surface area contributed by atoms with Crippen molar-refractivity contribution in [1.82, 2.24) is 19.6 Å². The van der Waals surface area contributed by atoms with Crippen molar-refractivity contribution < 1.29 is 12.3 Å². The number of likely N-dealkylation sites (tertiary alicyclic amines) is 2. The minimum absolute atomic E-state index is 0.225. The maximum atomic E-state index is 12.1.